The first-order valence-electron chi connectivity index (χ1n) is 12.2. The Morgan fingerprint density at radius 3 is 2.37 bits per heavy atom. The number of amides is 2. The van der Waals surface area contributed by atoms with Crippen LogP contribution in [0.25, 0.3) is 0 Å². The standard InChI is InChI=1S/C28H28Cl2N4O3S/c1-3-37-25-11-8-19(16-23(25)30)26(35)32-28(38)31-20-9-10-24(22(29)17-20)33-12-14-34(15-13-33)27(36)21-7-5-4-6-18(21)2/h4-11,16-17H,3,12-15H2,1-2H3,(H2,31,32,35,38). The van der Waals surface area contributed by atoms with Crippen LogP contribution in [0, 0.1) is 6.92 Å². The zero-order valence-electron chi connectivity index (χ0n) is 21.1. The van der Waals surface area contributed by atoms with Gasteiger partial charge in [-0.3, -0.25) is 14.9 Å². The molecule has 1 fully saturated rings. The highest BCUT2D eigenvalue weighted by atomic mass is 35.5. The molecule has 38 heavy (non-hydrogen) atoms. The number of nitrogens with zero attached hydrogens (tertiary/aromatic N) is 2. The number of carbonyl (C=O) groups is 2. The summed E-state index contributed by atoms with van der Waals surface area (Å²) in [6.07, 6.45) is 0. The molecule has 1 aliphatic rings. The van der Waals surface area contributed by atoms with E-state index in [0.717, 1.165) is 16.8 Å². The number of piperazine rings is 1. The van der Waals surface area contributed by atoms with Gasteiger partial charge in [-0.15, -0.1) is 0 Å². The van der Waals surface area contributed by atoms with Crippen molar-refractivity contribution in [2.75, 3.05) is 43.0 Å². The third-order valence-corrected chi connectivity index (χ3v) is 7.01. The van der Waals surface area contributed by atoms with E-state index in [0.29, 0.717) is 59.8 Å². The zero-order chi connectivity index (χ0) is 27.2. The first-order chi connectivity index (χ1) is 18.3. The highest BCUT2D eigenvalue weighted by molar-refractivity contribution is 7.80. The predicted octanol–water partition coefficient (Wildman–Crippen LogP) is 5.79. The maximum absolute atomic E-state index is 12.9. The Morgan fingerprint density at radius 2 is 1.71 bits per heavy atom. The summed E-state index contributed by atoms with van der Waals surface area (Å²) >= 11 is 18.1. The molecule has 3 aromatic carbocycles. The van der Waals surface area contributed by atoms with Gasteiger partial charge in [0.2, 0.25) is 0 Å². The van der Waals surface area contributed by atoms with Crippen LogP contribution in [0.5, 0.6) is 5.75 Å². The van der Waals surface area contributed by atoms with Crippen LogP contribution < -0.4 is 20.3 Å². The maximum Gasteiger partial charge on any atom is 0.257 e. The number of halogens is 2. The van der Waals surface area contributed by atoms with Crippen molar-refractivity contribution in [2.24, 2.45) is 0 Å². The summed E-state index contributed by atoms with van der Waals surface area (Å²) in [5.41, 5.74) is 3.59. The van der Waals surface area contributed by atoms with Gasteiger partial charge >= 0.3 is 0 Å². The number of aryl methyl sites for hydroxylation is 1. The average molecular weight is 572 g/mol. The van der Waals surface area contributed by atoms with E-state index in [-0.39, 0.29) is 11.0 Å². The Kier molecular flexibility index (Phi) is 9.09. The molecule has 10 heteroatoms. The largest absolute Gasteiger partial charge is 0.492 e. The fourth-order valence-corrected chi connectivity index (χ4v) is 4.97. The molecule has 4 rings (SSSR count). The summed E-state index contributed by atoms with van der Waals surface area (Å²) in [4.78, 5) is 29.5. The molecule has 0 aromatic heterocycles. The lowest BCUT2D eigenvalue weighted by atomic mass is 10.1. The van der Waals surface area contributed by atoms with Crippen LogP contribution in [0.3, 0.4) is 0 Å². The molecule has 3 aromatic rings. The van der Waals surface area contributed by atoms with Crippen molar-refractivity contribution in [1.82, 2.24) is 10.2 Å². The molecule has 0 atom stereocenters. The van der Waals surface area contributed by atoms with E-state index in [1.807, 2.05) is 55.1 Å². The van der Waals surface area contributed by atoms with Crippen molar-refractivity contribution >= 4 is 63.7 Å². The van der Waals surface area contributed by atoms with E-state index in [9.17, 15) is 9.59 Å². The van der Waals surface area contributed by atoms with Gasteiger partial charge in [-0.05, 0) is 74.1 Å². The molecule has 1 heterocycles. The Labute approximate surface area is 237 Å². The number of hydrogen-bond acceptors (Lipinski definition) is 5. The molecule has 1 saturated heterocycles. The molecule has 7 nitrogen and oxygen atoms in total. The molecule has 1 aliphatic heterocycles. The molecule has 0 bridgehead atoms. The van der Waals surface area contributed by atoms with E-state index >= 15 is 0 Å². The van der Waals surface area contributed by atoms with Gasteiger partial charge in [0, 0.05) is 43.0 Å². The molecule has 0 saturated carbocycles. The fourth-order valence-electron chi connectivity index (χ4n) is 4.23. The summed E-state index contributed by atoms with van der Waals surface area (Å²) in [7, 11) is 0. The fraction of sp³-hybridized carbons (Fsp3) is 0.250. The highest BCUT2D eigenvalue weighted by Gasteiger charge is 2.24. The molecule has 0 aliphatic carbocycles. The van der Waals surface area contributed by atoms with Gasteiger partial charge in [-0.25, -0.2) is 0 Å². The molecule has 0 radical (unpaired) electrons. The second-order valence-corrected chi connectivity index (χ2v) is 9.97. The lowest BCUT2D eigenvalue weighted by molar-refractivity contribution is 0.0746. The summed E-state index contributed by atoms with van der Waals surface area (Å²) < 4.78 is 5.40. The van der Waals surface area contributed by atoms with E-state index in [1.54, 1.807) is 18.2 Å². The topological polar surface area (TPSA) is 73.9 Å². The zero-order valence-corrected chi connectivity index (χ0v) is 23.4. The third-order valence-electron chi connectivity index (χ3n) is 6.21. The molecule has 0 spiro atoms. The number of anilines is 2. The first-order valence-corrected chi connectivity index (χ1v) is 13.4. The van der Waals surface area contributed by atoms with Crippen molar-refractivity contribution in [2.45, 2.75) is 13.8 Å². The Morgan fingerprint density at radius 1 is 0.974 bits per heavy atom. The highest BCUT2D eigenvalue weighted by Crippen LogP contribution is 2.30. The number of rotatable bonds is 6. The number of benzene rings is 3. The normalized spacial score (nSPS) is 13.2. The van der Waals surface area contributed by atoms with Crippen LogP contribution in [0.15, 0.2) is 60.7 Å². The molecule has 198 valence electrons. The van der Waals surface area contributed by atoms with Crippen LogP contribution in [0.4, 0.5) is 11.4 Å². The van der Waals surface area contributed by atoms with Gasteiger partial charge in [-0.2, -0.15) is 0 Å². The lowest BCUT2D eigenvalue weighted by Gasteiger charge is -2.36. The minimum absolute atomic E-state index is 0.0523. The van der Waals surface area contributed by atoms with Crippen LogP contribution in [0.1, 0.15) is 33.2 Å². The van der Waals surface area contributed by atoms with Gasteiger partial charge in [-0.1, -0.05) is 41.4 Å². The van der Waals surface area contributed by atoms with Crippen LogP contribution in [0.2, 0.25) is 10.0 Å². The molecule has 0 unspecified atom stereocenters. The van der Waals surface area contributed by atoms with Gasteiger partial charge in [0.1, 0.15) is 5.75 Å². The van der Waals surface area contributed by atoms with Crippen LogP contribution in [-0.2, 0) is 0 Å². The summed E-state index contributed by atoms with van der Waals surface area (Å²) in [6.45, 7) is 6.84. The van der Waals surface area contributed by atoms with Crippen molar-refractivity contribution in [3.63, 3.8) is 0 Å². The Hall–Kier alpha value is -3.33. The van der Waals surface area contributed by atoms with E-state index < -0.39 is 5.91 Å². The summed E-state index contributed by atoms with van der Waals surface area (Å²) in [5.74, 6) is 0.171. The van der Waals surface area contributed by atoms with Crippen molar-refractivity contribution in [3.8, 4) is 5.75 Å². The second kappa shape index (κ2) is 12.5. The van der Waals surface area contributed by atoms with Crippen molar-refractivity contribution < 1.29 is 14.3 Å². The van der Waals surface area contributed by atoms with Gasteiger partial charge in [0.05, 0.1) is 22.3 Å². The number of hydrogen-bond donors (Lipinski definition) is 2. The molecular weight excluding hydrogens is 543 g/mol. The van der Waals surface area contributed by atoms with Gasteiger partial charge in [0.25, 0.3) is 11.8 Å². The monoisotopic (exact) mass is 570 g/mol. The number of carbonyl (C=O) groups excluding carboxylic acids is 2. The first kappa shape index (κ1) is 27.7. The maximum atomic E-state index is 12.9. The van der Waals surface area contributed by atoms with E-state index in [1.165, 1.54) is 6.07 Å². The van der Waals surface area contributed by atoms with Crippen LogP contribution >= 0.6 is 35.4 Å². The Bertz CT molecular complexity index is 1360. The van der Waals surface area contributed by atoms with Crippen LogP contribution in [-0.4, -0.2) is 54.6 Å². The molecule has 2 amide bonds. The van der Waals surface area contributed by atoms with Gasteiger partial charge in [0.15, 0.2) is 5.11 Å². The quantitative estimate of drug-likeness (QED) is 0.365. The van der Waals surface area contributed by atoms with Gasteiger partial charge < -0.3 is 19.9 Å². The molecular formula is C28H28Cl2N4O3S. The minimum atomic E-state index is -0.395. The molecule has 2 N–H and O–H groups in total. The summed E-state index contributed by atoms with van der Waals surface area (Å²) in [5, 5.41) is 6.66. The second-order valence-electron chi connectivity index (χ2n) is 8.75. The lowest BCUT2D eigenvalue weighted by Crippen LogP contribution is -2.49. The number of ether oxygens (including phenoxy) is 1. The van der Waals surface area contributed by atoms with E-state index in [2.05, 4.69) is 15.5 Å². The Balaban J connectivity index is 1.32. The summed E-state index contributed by atoms with van der Waals surface area (Å²) in [6, 6.07) is 17.9. The smallest absolute Gasteiger partial charge is 0.257 e. The van der Waals surface area contributed by atoms with Crippen molar-refractivity contribution in [1.29, 1.82) is 0 Å². The SMILES string of the molecule is CCOc1ccc(C(=O)NC(=S)Nc2ccc(N3CCN(C(=O)c4ccccc4C)CC3)c(Cl)c2)cc1Cl. The number of nitrogens with one attached hydrogen (secondary N) is 2. The number of thiocarbonyl (C=S) groups is 1. The van der Waals surface area contributed by atoms with Crippen molar-refractivity contribution in [3.05, 3.63) is 87.4 Å². The average Bonchev–Trinajstić information content (AvgIpc) is 2.90. The van der Waals surface area contributed by atoms with E-state index in [4.69, 9.17) is 40.2 Å². The third kappa shape index (κ3) is 6.56. The predicted molar refractivity (Wildman–Crippen MR) is 157 cm³/mol. The minimum Gasteiger partial charge on any atom is -0.492 e.